The molecule has 6 heteroatoms. The van der Waals surface area contributed by atoms with Crippen molar-refractivity contribution < 1.29 is 17.9 Å². The highest BCUT2D eigenvalue weighted by atomic mass is 32.2. The van der Waals surface area contributed by atoms with Gasteiger partial charge in [-0.2, -0.15) is 0 Å². The molecular formula is C18H19O4PS. The predicted octanol–water partition coefficient (Wildman–Crippen LogP) is 3.05. The number of esters is 1. The first kappa shape index (κ1) is 18.4. The van der Waals surface area contributed by atoms with Crippen LogP contribution in [0.15, 0.2) is 59.5 Å². The summed E-state index contributed by atoms with van der Waals surface area (Å²) in [5.74, 6) is -0.407. The van der Waals surface area contributed by atoms with E-state index in [-0.39, 0.29) is 4.90 Å². The van der Waals surface area contributed by atoms with Gasteiger partial charge in [0.2, 0.25) is 0 Å². The van der Waals surface area contributed by atoms with Crippen LogP contribution in [0.4, 0.5) is 0 Å². The van der Waals surface area contributed by atoms with E-state index in [1.807, 2.05) is 30.3 Å². The second-order valence-corrected chi connectivity index (χ2v) is 7.78. The van der Waals surface area contributed by atoms with Gasteiger partial charge in [0.1, 0.15) is 0 Å². The molecule has 0 aliphatic heterocycles. The van der Waals surface area contributed by atoms with Crippen LogP contribution in [0.5, 0.6) is 0 Å². The molecule has 0 saturated heterocycles. The average molecular weight is 362 g/mol. The van der Waals surface area contributed by atoms with Gasteiger partial charge in [-0.3, -0.25) is 0 Å². The third kappa shape index (κ3) is 5.02. The van der Waals surface area contributed by atoms with Crippen molar-refractivity contribution in [2.75, 3.05) is 19.0 Å². The number of carbonyl (C=O) groups is 1. The second kappa shape index (κ2) is 8.22. The molecule has 0 spiro atoms. The van der Waals surface area contributed by atoms with Gasteiger partial charge in [-0.1, -0.05) is 42.5 Å². The van der Waals surface area contributed by atoms with Crippen LogP contribution in [0, 0.1) is 0 Å². The van der Waals surface area contributed by atoms with E-state index in [4.69, 9.17) is 4.74 Å². The zero-order chi connectivity index (χ0) is 17.6. The summed E-state index contributed by atoms with van der Waals surface area (Å²) >= 11 is 0. The maximum absolute atomic E-state index is 12.3. The lowest BCUT2D eigenvalue weighted by Gasteiger charge is -2.08. The Kier molecular flexibility index (Phi) is 6.29. The molecule has 0 aliphatic rings. The van der Waals surface area contributed by atoms with E-state index in [0.29, 0.717) is 18.3 Å². The van der Waals surface area contributed by atoms with E-state index in [1.54, 1.807) is 18.2 Å². The van der Waals surface area contributed by atoms with Crippen molar-refractivity contribution in [3.63, 3.8) is 0 Å². The Bertz CT molecular complexity index is 825. The quantitative estimate of drug-likeness (QED) is 0.343. The standard InChI is InChI=1S/C18H19O4PS/c1-24(20,21)16-9-7-14(8-10-16)13-17(18(19)22-11-12-23)15-5-3-2-4-6-15/h2-10,13H,11-12,23H2,1H3/b17-13+. The number of carbonyl (C=O) groups excluding carboxylic acids is 1. The van der Waals surface area contributed by atoms with Gasteiger partial charge in [-0.25, -0.2) is 13.2 Å². The third-order valence-electron chi connectivity index (χ3n) is 3.27. The molecule has 126 valence electrons. The summed E-state index contributed by atoms with van der Waals surface area (Å²) in [5.41, 5.74) is 1.91. The SMILES string of the molecule is CS(=O)(=O)c1ccc(/C=C(/C(=O)OCCP)c2ccccc2)cc1. The molecule has 0 aliphatic carbocycles. The number of hydrogen-bond acceptors (Lipinski definition) is 4. The molecule has 2 aromatic carbocycles. The molecule has 2 aromatic rings. The summed E-state index contributed by atoms with van der Waals surface area (Å²) in [6, 6.07) is 15.6. The Labute approximate surface area is 144 Å². The Balaban J connectivity index is 2.39. The molecule has 0 N–H and O–H groups in total. The summed E-state index contributed by atoms with van der Waals surface area (Å²) in [4.78, 5) is 12.6. The molecule has 0 aromatic heterocycles. The minimum atomic E-state index is -3.24. The normalized spacial score (nSPS) is 12.0. The van der Waals surface area contributed by atoms with Crippen LogP contribution in [-0.4, -0.2) is 33.4 Å². The second-order valence-electron chi connectivity index (χ2n) is 5.19. The lowest BCUT2D eigenvalue weighted by Crippen LogP contribution is -2.09. The van der Waals surface area contributed by atoms with Gasteiger partial charge >= 0.3 is 5.97 Å². The summed E-state index contributed by atoms with van der Waals surface area (Å²) < 4.78 is 28.3. The van der Waals surface area contributed by atoms with Gasteiger partial charge < -0.3 is 4.74 Å². The predicted molar refractivity (Wildman–Crippen MR) is 99.4 cm³/mol. The van der Waals surface area contributed by atoms with Crippen LogP contribution >= 0.6 is 9.24 Å². The number of rotatable bonds is 6. The lowest BCUT2D eigenvalue weighted by atomic mass is 10.0. The van der Waals surface area contributed by atoms with Crippen LogP contribution < -0.4 is 0 Å². The largest absolute Gasteiger partial charge is 0.462 e. The Morgan fingerprint density at radius 2 is 1.71 bits per heavy atom. The topological polar surface area (TPSA) is 60.4 Å². The van der Waals surface area contributed by atoms with Gasteiger partial charge in [-0.05, 0) is 35.5 Å². The summed E-state index contributed by atoms with van der Waals surface area (Å²) in [6.45, 7) is 0.320. The van der Waals surface area contributed by atoms with E-state index >= 15 is 0 Å². The zero-order valence-corrected chi connectivity index (χ0v) is 15.3. The molecule has 2 rings (SSSR count). The summed E-state index contributed by atoms with van der Waals surface area (Å²) in [7, 11) is -0.736. The summed E-state index contributed by atoms with van der Waals surface area (Å²) in [5, 5.41) is 0. The monoisotopic (exact) mass is 362 g/mol. The molecule has 4 nitrogen and oxygen atoms in total. The number of sulfone groups is 1. The summed E-state index contributed by atoms with van der Waals surface area (Å²) in [6.07, 6.45) is 3.52. The maximum atomic E-state index is 12.3. The van der Waals surface area contributed by atoms with Gasteiger partial charge in [0.05, 0.1) is 17.1 Å². The van der Waals surface area contributed by atoms with Crippen molar-refractivity contribution in [1.82, 2.24) is 0 Å². The lowest BCUT2D eigenvalue weighted by molar-refractivity contribution is -0.135. The molecular weight excluding hydrogens is 343 g/mol. The highest BCUT2D eigenvalue weighted by molar-refractivity contribution is 7.90. The molecule has 1 unspecified atom stereocenters. The first-order chi connectivity index (χ1) is 11.4. The smallest absolute Gasteiger partial charge is 0.338 e. The van der Waals surface area contributed by atoms with Crippen LogP contribution in [0.2, 0.25) is 0 Å². The highest BCUT2D eigenvalue weighted by Crippen LogP contribution is 2.21. The number of ether oxygens (including phenoxy) is 1. The van der Waals surface area contributed by atoms with Crippen molar-refractivity contribution >= 4 is 36.7 Å². The Morgan fingerprint density at radius 1 is 1.08 bits per heavy atom. The maximum Gasteiger partial charge on any atom is 0.338 e. The molecule has 0 heterocycles. The first-order valence-electron chi connectivity index (χ1n) is 7.36. The van der Waals surface area contributed by atoms with Gasteiger partial charge in [0, 0.05) is 6.26 Å². The third-order valence-corrected chi connectivity index (χ3v) is 4.64. The molecule has 0 radical (unpaired) electrons. The van der Waals surface area contributed by atoms with E-state index < -0.39 is 15.8 Å². The molecule has 0 amide bonds. The van der Waals surface area contributed by atoms with Gasteiger partial charge in [0.15, 0.2) is 9.84 Å². The fourth-order valence-electron chi connectivity index (χ4n) is 2.09. The van der Waals surface area contributed by atoms with Crippen molar-refractivity contribution in [1.29, 1.82) is 0 Å². The van der Waals surface area contributed by atoms with Gasteiger partial charge in [-0.15, -0.1) is 9.24 Å². The highest BCUT2D eigenvalue weighted by Gasteiger charge is 2.14. The fourth-order valence-corrected chi connectivity index (χ4v) is 2.83. The van der Waals surface area contributed by atoms with Crippen LogP contribution in [0.25, 0.3) is 11.6 Å². The molecule has 1 atom stereocenters. The average Bonchev–Trinajstić information content (AvgIpc) is 2.58. The molecule has 24 heavy (non-hydrogen) atoms. The van der Waals surface area contributed by atoms with Crippen LogP contribution in [0.1, 0.15) is 11.1 Å². The number of hydrogen-bond donors (Lipinski definition) is 0. The van der Waals surface area contributed by atoms with E-state index in [9.17, 15) is 13.2 Å². The van der Waals surface area contributed by atoms with Crippen molar-refractivity contribution in [2.24, 2.45) is 0 Å². The number of benzene rings is 2. The molecule has 0 saturated carbocycles. The molecule has 0 bridgehead atoms. The molecule has 0 fully saturated rings. The minimum Gasteiger partial charge on any atom is -0.462 e. The Hall–Kier alpha value is -1.97. The fraction of sp³-hybridized carbons (Fsp3) is 0.167. The van der Waals surface area contributed by atoms with E-state index in [1.165, 1.54) is 12.1 Å². The van der Waals surface area contributed by atoms with E-state index in [0.717, 1.165) is 17.4 Å². The van der Waals surface area contributed by atoms with Gasteiger partial charge in [0.25, 0.3) is 0 Å². The zero-order valence-electron chi connectivity index (χ0n) is 13.3. The van der Waals surface area contributed by atoms with Crippen molar-refractivity contribution in [2.45, 2.75) is 4.90 Å². The van der Waals surface area contributed by atoms with Crippen molar-refractivity contribution in [3.8, 4) is 0 Å². The van der Waals surface area contributed by atoms with Crippen LogP contribution in [-0.2, 0) is 19.4 Å². The van der Waals surface area contributed by atoms with E-state index in [2.05, 4.69) is 9.24 Å². The first-order valence-corrected chi connectivity index (χ1v) is 10.1. The Morgan fingerprint density at radius 3 is 2.25 bits per heavy atom. The minimum absolute atomic E-state index is 0.242. The van der Waals surface area contributed by atoms with Crippen LogP contribution in [0.3, 0.4) is 0 Å². The van der Waals surface area contributed by atoms with Crippen molar-refractivity contribution in [3.05, 3.63) is 65.7 Å².